The van der Waals surface area contributed by atoms with Crippen LogP contribution in [0, 0.1) is 11.8 Å². The largest absolute Gasteiger partial charge is 0.497 e. The van der Waals surface area contributed by atoms with Crippen LogP contribution in [0.2, 0.25) is 0 Å². The number of anilines is 2. The van der Waals surface area contributed by atoms with Crippen molar-refractivity contribution in [3.8, 4) is 5.75 Å². The molecular formula is C23H31N5O2. The number of piperazine rings is 1. The summed E-state index contributed by atoms with van der Waals surface area (Å²) in [6.07, 6.45) is 6.94. The molecule has 0 saturated carbocycles. The van der Waals surface area contributed by atoms with Crippen molar-refractivity contribution in [1.82, 2.24) is 15.3 Å². The molecular weight excluding hydrogens is 378 g/mol. The predicted molar refractivity (Wildman–Crippen MR) is 118 cm³/mol. The summed E-state index contributed by atoms with van der Waals surface area (Å²) in [5, 5.41) is 3.19. The smallest absolute Gasteiger partial charge is 0.225 e. The summed E-state index contributed by atoms with van der Waals surface area (Å²) in [7, 11) is 1.69. The Labute approximate surface area is 178 Å². The van der Waals surface area contributed by atoms with E-state index in [9.17, 15) is 4.79 Å². The minimum atomic E-state index is -0.0995. The highest BCUT2D eigenvalue weighted by Gasteiger charge is 2.41. The van der Waals surface area contributed by atoms with Gasteiger partial charge in [-0.25, -0.2) is 4.98 Å². The lowest BCUT2D eigenvalue weighted by molar-refractivity contribution is -0.125. The highest BCUT2D eigenvalue weighted by atomic mass is 16.5. The Balaban J connectivity index is 1.60. The van der Waals surface area contributed by atoms with Crippen LogP contribution in [-0.2, 0) is 11.2 Å². The second-order valence-corrected chi connectivity index (χ2v) is 8.55. The summed E-state index contributed by atoms with van der Waals surface area (Å²) < 4.78 is 5.47. The fourth-order valence-corrected chi connectivity index (χ4v) is 4.48. The van der Waals surface area contributed by atoms with Crippen LogP contribution in [0.3, 0.4) is 0 Å². The molecule has 0 bridgehead atoms. The van der Waals surface area contributed by atoms with Crippen LogP contribution in [0.4, 0.5) is 11.5 Å². The number of rotatable bonds is 6. The normalized spacial score (nSPS) is 20.5. The van der Waals surface area contributed by atoms with E-state index in [1.807, 2.05) is 6.07 Å². The molecule has 1 aromatic heterocycles. The zero-order chi connectivity index (χ0) is 21.1. The Hall–Kier alpha value is -2.83. The van der Waals surface area contributed by atoms with Gasteiger partial charge in [0.25, 0.3) is 0 Å². The van der Waals surface area contributed by atoms with Crippen molar-refractivity contribution < 1.29 is 9.53 Å². The lowest BCUT2D eigenvalue weighted by Crippen LogP contribution is -2.61. The van der Waals surface area contributed by atoms with E-state index in [1.54, 1.807) is 25.7 Å². The standard InChI is InChI=1S/C23H31N5O2/c1-16(2)6-7-26-23(29)19-12-17-4-5-18(30-3)13-20(17)28-11-10-27(15-21(19)28)22-14-24-8-9-25-22/h4-5,8-9,13-14,16,19,21H,6-7,10-12,15H2,1-3H3,(H,26,29). The summed E-state index contributed by atoms with van der Waals surface area (Å²) in [4.78, 5) is 26.5. The quantitative estimate of drug-likeness (QED) is 0.791. The molecule has 2 aliphatic rings. The van der Waals surface area contributed by atoms with Crippen molar-refractivity contribution in [3.05, 3.63) is 42.4 Å². The zero-order valence-corrected chi connectivity index (χ0v) is 18.0. The topological polar surface area (TPSA) is 70.6 Å². The van der Waals surface area contributed by atoms with E-state index in [4.69, 9.17) is 4.74 Å². The highest BCUT2D eigenvalue weighted by molar-refractivity contribution is 5.82. The van der Waals surface area contributed by atoms with Crippen LogP contribution < -0.4 is 19.9 Å². The van der Waals surface area contributed by atoms with Gasteiger partial charge < -0.3 is 19.9 Å². The summed E-state index contributed by atoms with van der Waals surface area (Å²) >= 11 is 0. The highest BCUT2D eigenvalue weighted by Crippen LogP contribution is 2.38. The maximum Gasteiger partial charge on any atom is 0.225 e. The molecule has 1 saturated heterocycles. The Morgan fingerprint density at radius 1 is 1.30 bits per heavy atom. The van der Waals surface area contributed by atoms with Gasteiger partial charge in [-0.2, -0.15) is 0 Å². The minimum absolute atomic E-state index is 0.0828. The lowest BCUT2D eigenvalue weighted by atomic mass is 9.83. The summed E-state index contributed by atoms with van der Waals surface area (Å²) in [6.45, 7) is 7.50. The van der Waals surface area contributed by atoms with Gasteiger partial charge in [-0.1, -0.05) is 19.9 Å². The first kappa shape index (κ1) is 20.4. The Morgan fingerprint density at radius 2 is 2.17 bits per heavy atom. The number of hydrogen-bond acceptors (Lipinski definition) is 6. The second-order valence-electron chi connectivity index (χ2n) is 8.55. The number of benzene rings is 1. The molecule has 2 aromatic rings. The van der Waals surface area contributed by atoms with Crippen LogP contribution in [0.5, 0.6) is 5.75 Å². The molecule has 7 heteroatoms. The van der Waals surface area contributed by atoms with Crippen LogP contribution in [-0.4, -0.2) is 55.2 Å². The molecule has 0 radical (unpaired) electrons. The Kier molecular flexibility index (Phi) is 6.06. The monoisotopic (exact) mass is 409 g/mol. The lowest BCUT2D eigenvalue weighted by Gasteiger charge is -2.49. The number of hydrogen-bond donors (Lipinski definition) is 1. The summed E-state index contributed by atoms with van der Waals surface area (Å²) in [5.41, 5.74) is 2.40. The molecule has 2 unspecified atom stereocenters. The molecule has 4 rings (SSSR count). The minimum Gasteiger partial charge on any atom is -0.497 e. The number of nitrogens with zero attached hydrogens (tertiary/aromatic N) is 4. The molecule has 2 atom stereocenters. The first-order chi connectivity index (χ1) is 14.6. The van der Waals surface area contributed by atoms with Gasteiger partial charge >= 0.3 is 0 Å². The van der Waals surface area contributed by atoms with Crippen LogP contribution in [0.15, 0.2) is 36.8 Å². The third-order valence-corrected chi connectivity index (χ3v) is 6.16. The molecule has 1 amide bonds. The number of nitrogens with one attached hydrogen (secondary N) is 1. The fraction of sp³-hybridized carbons (Fsp3) is 0.522. The van der Waals surface area contributed by atoms with Gasteiger partial charge in [-0.3, -0.25) is 9.78 Å². The third kappa shape index (κ3) is 4.20. The number of amides is 1. The van der Waals surface area contributed by atoms with E-state index in [1.165, 1.54) is 11.3 Å². The zero-order valence-electron chi connectivity index (χ0n) is 18.0. The average Bonchev–Trinajstić information content (AvgIpc) is 2.78. The number of methoxy groups -OCH3 is 1. The van der Waals surface area contributed by atoms with Crippen LogP contribution in [0.25, 0.3) is 0 Å². The van der Waals surface area contributed by atoms with Gasteiger partial charge in [0, 0.05) is 50.3 Å². The molecule has 1 N–H and O–H groups in total. The predicted octanol–water partition coefficient (Wildman–Crippen LogP) is 2.52. The van der Waals surface area contributed by atoms with Gasteiger partial charge in [0.2, 0.25) is 5.91 Å². The second kappa shape index (κ2) is 8.90. The summed E-state index contributed by atoms with van der Waals surface area (Å²) in [6, 6.07) is 6.28. The first-order valence-electron chi connectivity index (χ1n) is 10.8. The van der Waals surface area contributed by atoms with E-state index in [2.05, 4.69) is 51.1 Å². The van der Waals surface area contributed by atoms with Crippen molar-refractivity contribution in [2.75, 3.05) is 43.1 Å². The SMILES string of the molecule is COc1ccc2c(c1)N1CCN(c3cnccn3)CC1C(C(=O)NCCC(C)C)C2. The molecule has 30 heavy (non-hydrogen) atoms. The van der Waals surface area contributed by atoms with Gasteiger partial charge in [-0.05, 0) is 30.4 Å². The molecule has 2 aliphatic heterocycles. The molecule has 0 aliphatic carbocycles. The van der Waals surface area contributed by atoms with E-state index in [-0.39, 0.29) is 17.9 Å². The van der Waals surface area contributed by atoms with Crippen molar-refractivity contribution in [3.63, 3.8) is 0 Å². The fourth-order valence-electron chi connectivity index (χ4n) is 4.48. The number of fused-ring (bicyclic) bond motifs is 3. The van der Waals surface area contributed by atoms with Crippen molar-refractivity contribution in [2.24, 2.45) is 11.8 Å². The molecule has 160 valence electrons. The van der Waals surface area contributed by atoms with Crippen molar-refractivity contribution in [2.45, 2.75) is 32.7 Å². The molecule has 7 nitrogen and oxygen atoms in total. The molecule has 0 spiro atoms. The van der Waals surface area contributed by atoms with Gasteiger partial charge in [0.1, 0.15) is 11.6 Å². The van der Waals surface area contributed by atoms with Gasteiger partial charge in [-0.15, -0.1) is 0 Å². The van der Waals surface area contributed by atoms with E-state index in [0.29, 0.717) is 5.92 Å². The first-order valence-corrected chi connectivity index (χ1v) is 10.8. The van der Waals surface area contributed by atoms with E-state index >= 15 is 0 Å². The Morgan fingerprint density at radius 3 is 2.90 bits per heavy atom. The van der Waals surface area contributed by atoms with Crippen molar-refractivity contribution in [1.29, 1.82) is 0 Å². The molecule has 1 aromatic carbocycles. The Bertz CT molecular complexity index is 873. The third-order valence-electron chi connectivity index (χ3n) is 6.16. The van der Waals surface area contributed by atoms with Gasteiger partial charge in [0.05, 0.1) is 25.3 Å². The average molecular weight is 410 g/mol. The maximum atomic E-state index is 13.2. The number of carbonyl (C=O) groups is 1. The van der Waals surface area contributed by atoms with Crippen LogP contribution in [0.1, 0.15) is 25.8 Å². The van der Waals surface area contributed by atoms with Crippen LogP contribution >= 0.6 is 0 Å². The molecule has 3 heterocycles. The van der Waals surface area contributed by atoms with E-state index in [0.717, 1.165) is 50.6 Å². The summed E-state index contributed by atoms with van der Waals surface area (Å²) in [5.74, 6) is 2.34. The van der Waals surface area contributed by atoms with E-state index < -0.39 is 0 Å². The number of aromatic nitrogens is 2. The van der Waals surface area contributed by atoms with Gasteiger partial charge in [0.15, 0.2) is 0 Å². The maximum absolute atomic E-state index is 13.2. The van der Waals surface area contributed by atoms with Crippen molar-refractivity contribution >= 4 is 17.4 Å². The molecule has 1 fully saturated rings. The number of carbonyl (C=O) groups excluding carboxylic acids is 1. The number of ether oxygens (including phenoxy) is 1.